The summed E-state index contributed by atoms with van der Waals surface area (Å²) < 4.78 is 0. The molecule has 26 heavy (non-hydrogen) atoms. The Hall–Kier alpha value is 0.594. The summed E-state index contributed by atoms with van der Waals surface area (Å²) in [5, 5.41) is 12.9. The van der Waals surface area contributed by atoms with Gasteiger partial charge in [0.1, 0.15) is 0 Å². The van der Waals surface area contributed by atoms with Gasteiger partial charge in [-0.3, -0.25) is 0 Å². The van der Waals surface area contributed by atoms with Crippen molar-refractivity contribution in [2.24, 2.45) is 0 Å². The van der Waals surface area contributed by atoms with Crippen molar-refractivity contribution in [3.63, 3.8) is 0 Å². The Balaban J connectivity index is -0.000000138. The molecule has 0 spiro atoms. The van der Waals surface area contributed by atoms with Crippen LogP contribution in [0.4, 0.5) is 0 Å². The Morgan fingerprint density at radius 1 is 0.346 bits per heavy atom. The van der Waals surface area contributed by atoms with Gasteiger partial charge >= 0.3 is 21.7 Å². The average molecular weight is 405 g/mol. The van der Waals surface area contributed by atoms with Crippen LogP contribution in [0.1, 0.15) is 106 Å². The van der Waals surface area contributed by atoms with Crippen LogP contribution in [0.5, 0.6) is 0 Å². The fourth-order valence-corrected chi connectivity index (χ4v) is 1.73. The van der Waals surface area contributed by atoms with Gasteiger partial charge in [0.2, 0.25) is 0 Å². The first-order valence-corrected chi connectivity index (χ1v) is 11.1. The van der Waals surface area contributed by atoms with E-state index in [0.29, 0.717) is 0 Å². The fourth-order valence-electron chi connectivity index (χ4n) is 1.73. The van der Waals surface area contributed by atoms with Gasteiger partial charge < -0.3 is 16.0 Å². The molecule has 0 N–H and O–H groups in total. The van der Waals surface area contributed by atoms with E-state index in [1.54, 1.807) is 0 Å². The largest absolute Gasteiger partial charge is 3.00 e. The number of hydrogen-bond donors (Lipinski definition) is 0. The molecule has 0 bridgehead atoms. The third-order valence-electron chi connectivity index (χ3n) is 3.44. The van der Waals surface area contributed by atoms with E-state index in [2.05, 4.69) is 57.5 Å². The maximum absolute atomic E-state index is 4.35. The summed E-state index contributed by atoms with van der Waals surface area (Å²) in [5.74, 6) is 0. The Morgan fingerprint density at radius 2 is 0.577 bits per heavy atom. The van der Waals surface area contributed by atoms with Gasteiger partial charge in [-0.25, -0.2) is 0 Å². The smallest absolute Gasteiger partial charge is 0.662 e. The van der Waals surface area contributed by atoms with E-state index in [1.807, 2.05) is 0 Å². The van der Waals surface area contributed by atoms with Gasteiger partial charge in [-0.05, 0) is 0 Å². The van der Waals surface area contributed by atoms with E-state index in [9.17, 15) is 0 Å². The minimum Gasteiger partial charge on any atom is -0.662 e. The maximum atomic E-state index is 4.35. The molecule has 1 radical (unpaired) electrons. The monoisotopic (exact) mass is 404 g/mol. The van der Waals surface area contributed by atoms with Crippen LogP contribution in [-0.4, -0.2) is 39.3 Å². The number of unbranched alkanes of at least 4 members (excludes halogenated alkanes) is 4. The Kier molecular flexibility index (Phi) is 52.9. The van der Waals surface area contributed by atoms with Crippen molar-refractivity contribution in [3.05, 3.63) is 16.0 Å². The van der Waals surface area contributed by atoms with Crippen LogP contribution in [0.2, 0.25) is 0 Å². The SMILES string of the molecule is CCCC[N-]CCCC.CCCC[N-]CCCC.CCC[N-]CCC.[Ti+3]. The fraction of sp³-hybridized carbons (Fsp3) is 1.00. The van der Waals surface area contributed by atoms with E-state index in [0.717, 1.165) is 39.3 Å². The van der Waals surface area contributed by atoms with Crippen molar-refractivity contribution < 1.29 is 21.7 Å². The second-order valence-corrected chi connectivity index (χ2v) is 6.43. The molecule has 0 atom stereocenters. The standard InChI is InChI=1S/2C8H18N.C6H14N.Ti/c2*1-3-5-7-9-8-6-4-2;1-3-5-7-6-4-2;/h2*3-8H2,1-2H3;3-6H2,1-2H3;/q3*-1;+3. The molecule has 0 saturated heterocycles. The molecule has 0 aromatic heterocycles. The molecule has 0 aromatic carbocycles. The van der Waals surface area contributed by atoms with E-state index in [4.69, 9.17) is 0 Å². The summed E-state index contributed by atoms with van der Waals surface area (Å²) in [7, 11) is 0. The van der Waals surface area contributed by atoms with Crippen LogP contribution in [0.3, 0.4) is 0 Å². The summed E-state index contributed by atoms with van der Waals surface area (Å²) >= 11 is 0. The van der Waals surface area contributed by atoms with Gasteiger partial charge in [0.05, 0.1) is 0 Å². The summed E-state index contributed by atoms with van der Waals surface area (Å²) in [6.45, 7) is 19.5. The van der Waals surface area contributed by atoms with E-state index >= 15 is 0 Å². The topological polar surface area (TPSA) is 42.3 Å². The first-order valence-electron chi connectivity index (χ1n) is 11.1. The molecule has 0 rings (SSSR count). The zero-order valence-electron chi connectivity index (χ0n) is 19.2. The third kappa shape index (κ3) is 49.7. The molecule has 0 amide bonds. The minimum absolute atomic E-state index is 0. The molecule has 0 fully saturated rings. The van der Waals surface area contributed by atoms with Crippen LogP contribution in [0, 0.1) is 0 Å². The van der Waals surface area contributed by atoms with Gasteiger partial charge in [-0.2, -0.15) is 0 Å². The van der Waals surface area contributed by atoms with Gasteiger partial charge in [0.15, 0.2) is 0 Å². The molecule has 0 aliphatic rings. The van der Waals surface area contributed by atoms with Crippen molar-refractivity contribution >= 4 is 0 Å². The van der Waals surface area contributed by atoms with Crippen LogP contribution < -0.4 is 0 Å². The molecule has 0 heterocycles. The predicted molar refractivity (Wildman–Crippen MR) is 119 cm³/mol. The van der Waals surface area contributed by atoms with Gasteiger partial charge in [0, 0.05) is 0 Å². The first-order chi connectivity index (χ1) is 12.2. The predicted octanol–water partition coefficient (Wildman–Crippen LogP) is 8.10. The van der Waals surface area contributed by atoms with Gasteiger partial charge in [-0.15, -0.1) is 39.3 Å². The summed E-state index contributed by atoms with van der Waals surface area (Å²) in [6.07, 6.45) is 12.6. The summed E-state index contributed by atoms with van der Waals surface area (Å²) in [4.78, 5) is 0. The van der Waals surface area contributed by atoms with E-state index in [1.165, 1.54) is 64.2 Å². The second kappa shape index (κ2) is 40.3. The molecular weight excluding hydrogens is 354 g/mol. The van der Waals surface area contributed by atoms with E-state index < -0.39 is 0 Å². The number of nitrogens with zero attached hydrogens (tertiary/aromatic N) is 3. The molecule has 4 heteroatoms. The molecule has 157 valence electrons. The maximum Gasteiger partial charge on any atom is 3.00 e. The molecule has 0 aliphatic heterocycles. The number of hydrogen-bond acceptors (Lipinski definition) is 0. The molecular formula is C22H50N3Ti. The third-order valence-corrected chi connectivity index (χ3v) is 3.44. The summed E-state index contributed by atoms with van der Waals surface area (Å²) in [5.41, 5.74) is 0. The van der Waals surface area contributed by atoms with Crippen molar-refractivity contribution in [1.82, 2.24) is 0 Å². The quantitative estimate of drug-likeness (QED) is 0.184. The molecule has 0 unspecified atom stereocenters. The zero-order chi connectivity index (χ0) is 19.4. The van der Waals surface area contributed by atoms with Crippen LogP contribution in [0.15, 0.2) is 0 Å². The van der Waals surface area contributed by atoms with Crippen LogP contribution >= 0.6 is 0 Å². The Labute approximate surface area is 182 Å². The molecule has 0 saturated carbocycles. The van der Waals surface area contributed by atoms with Gasteiger partial charge in [-0.1, -0.05) is 106 Å². The molecule has 0 aromatic rings. The number of rotatable bonds is 16. The van der Waals surface area contributed by atoms with Crippen LogP contribution in [-0.2, 0) is 21.7 Å². The van der Waals surface area contributed by atoms with Crippen LogP contribution in [0.25, 0.3) is 16.0 Å². The van der Waals surface area contributed by atoms with Crippen molar-refractivity contribution in [2.45, 2.75) is 106 Å². The van der Waals surface area contributed by atoms with Crippen molar-refractivity contribution in [2.75, 3.05) is 39.3 Å². The van der Waals surface area contributed by atoms with Crippen molar-refractivity contribution in [1.29, 1.82) is 0 Å². The first kappa shape index (κ1) is 34.1. The summed E-state index contributed by atoms with van der Waals surface area (Å²) in [6, 6.07) is 0. The molecule has 3 nitrogen and oxygen atoms in total. The average Bonchev–Trinajstić information content (AvgIpc) is 2.63. The Morgan fingerprint density at radius 3 is 0.769 bits per heavy atom. The Bertz CT molecular complexity index is 151. The normalized spacial score (nSPS) is 9.46. The van der Waals surface area contributed by atoms with Crippen molar-refractivity contribution in [3.8, 4) is 0 Å². The van der Waals surface area contributed by atoms with Gasteiger partial charge in [0.25, 0.3) is 0 Å². The second-order valence-electron chi connectivity index (χ2n) is 6.43. The minimum atomic E-state index is 0. The van der Waals surface area contributed by atoms with E-state index in [-0.39, 0.29) is 21.7 Å². The zero-order valence-corrected chi connectivity index (χ0v) is 20.7. The molecule has 0 aliphatic carbocycles.